The van der Waals surface area contributed by atoms with Gasteiger partial charge in [-0.05, 0) is 46.0 Å². The Morgan fingerprint density at radius 1 is 1.35 bits per heavy atom. The Hall–Kier alpha value is -2.17. The number of methoxy groups -OCH3 is 1. The molecule has 10 nitrogen and oxygen atoms in total. The molecule has 2 saturated heterocycles. The van der Waals surface area contributed by atoms with Gasteiger partial charge in [0.2, 0.25) is 5.89 Å². The molecule has 3 heterocycles. The normalized spacial score (nSPS) is 35.1. The maximum Gasteiger partial charge on any atom is 0.407 e. The maximum absolute atomic E-state index is 12.9. The van der Waals surface area contributed by atoms with Crippen LogP contribution in [0, 0.1) is 11.8 Å². The van der Waals surface area contributed by atoms with E-state index in [-0.39, 0.29) is 47.3 Å². The first-order valence-corrected chi connectivity index (χ1v) is 12.1. The molecule has 0 bridgehead atoms. The van der Waals surface area contributed by atoms with Crippen LogP contribution < -0.4 is 11.1 Å². The summed E-state index contributed by atoms with van der Waals surface area (Å²) in [6.07, 6.45) is 3.78. The lowest BCUT2D eigenvalue weighted by atomic mass is 9.68. The zero-order valence-electron chi connectivity index (χ0n) is 21.0. The van der Waals surface area contributed by atoms with Crippen LogP contribution in [0.2, 0.25) is 0 Å². The second-order valence-corrected chi connectivity index (χ2v) is 10.6. The Bertz CT molecular complexity index is 909. The van der Waals surface area contributed by atoms with E-state index in [9.17, 15) is 4.79 Å². The first kappa shape index (κ1) is 24.9. The fourth-order valence-electron chi connectivity index (χ4n) is 5.38. The molecule has 4 rings (SSSR count). The molecule has 7 atom stereocenters. The number of nitrogens with one attached hydrogen (secondary N) is 1. The molecule has 10 heteroatoms. The highest BCUT2D eigenvalue weighted by atomic mass is 16.6. The topological polar surface area (TPSA) is 138 Å². The van der Waals surface area contributed by atoms with Crippen molar-refractivity contribution in [3.8, 4) is 0 Å². The maximum atomic E-state index is 12.9. The zero-order valence-corrected chi connectivity index (χ0v) is 21.0. The minimum atomic E-state index is -0.493. The number of nitrogens with two attached hydrogens (primary N) is 1. The number of aromatic nitrogens is 2. The van der Waals surface area contributed by atoms with Gasteiger partial charge in [-0.2, -0.15) is 0 Å². The Morgan fingerprint density at radius 2 is 2.09 bits per heavy atom. The van der Waals surface area contributed by atoms with Gasteiger partial charge in [-0.25, -0.2) is 4.79 Å². The van der Waals surface area contributed by atoms with Crippen molar-refractivity contribution in [2.45, 2.75) is 95.9 Å². The lowest BCUT2D eigenvalue weighted by Gasteiger charge is -2.42. The van der Waals surface area contributed by atoms with E-state index in [2.05, 4.69) is 42.4 Å². The average Bonchev–Trinajstić information content (AvgIpc) is 3.64. The minimum Gasteiger partial charge on any atom is -0.443 e. The average molecular weight is 479 g/mol. The number of nitrogens with zero attached hydrogens (tertiary/aromatic N) is 2. The van der Waals surface area contributed by atoms with Crippen molar-refractivity contribution in [1.29, 1.82) is 0 Å². The third-order valence-electron chi connectivity index (χ3n) is 7.48. The zero-order chi connectivity index (χ0) is 24.7. The summed E-state index contributed by atoms with van der Waals surface area (Å²) < 4.78 is 29.4. The van der Waals surface area contributed by atoms with Crippen LogP contribution in [0.4, 0.5) is 10.8 Å². The van der Waals surface area contributed by atoms with Gasteiger partial charge < -0.3 is 34.4 Å². The monoisotopic (exact) mass is 478 g/mol. The summed E-state index contributed by atoms with van der Waals surface area (Å²) in [4.78, 5) is 12.9. The standard InChI is InChI=1S/C24H38N4O6/c1-13(2)7-8-17-23(5,34-17)20-19(30-6)16(9-10-24(20)12-31-24)32-22(29)26-15(14(3)4)11-18-27-28-21(25)33-18/h7,14-17,19-20H,8-12H2,1-6H3,(H2,25,28)(H,26,29)/t15-,16-,17-,19-,20?,23+,24+/m1/s1. The van der Waals surface area contributed by atoms with E-state index in [1.165, 1.54) is 5.57 Å². The number of alkyl carbamates (subject to hydrolysis) is 1. The first-order valence-electron chi connectivity index (χ1n) is 12.1. The number of nitrogen functional groups attached to an aromatic ring is 1. The Kier molecular flexibility index (Phi) is 6.94. The third kappa shape index (κ3) is 5.08. The van der Waals surface area contributed by atoms with Gasteiger partial charge in [0.15, 0.2) is 0 Å². The van der Waals surface area contributed by atoms with E-state index in [1.54, 1.807) is 7.11 Å². The van der Waals surface area contributed by atoms with Crippen LogP contribution in [0.25, 0.3) is 0 Å². The highest BCUT2D eigenvalue weighted by molar-refractivity contribution is 5.68. The number of rotatable bonds is 9. The second kappa shape index (κ2) is 9.47. The Morgan fingerprint density at radius 3 is 2.65 bits per heavy atom. The highest BCUT2D eigenvalue weighted by Crippen LogP contribution is 2.59. The number of carbonyl (C=O) groups excluding carboxylic acids is 1. The van der Waals surface area contributed by atoms with Gasteiger partial charge >= 0.3 is 12.1 Å². The van der Waals surface area contributed by atoms with E-state index in [0.717, 1.165) is 12.8 Å². The van der Waals surface area contributed by atoms with Crippen LogP contribution in [0.1, 0.15) is 59.8 Å². The highest BCUT2D eigenvalue weighted by Gasteiger charge is 2.72. The Labute approximate surface area is 200 Å². The largest absolute Gasteiger partial charge is 0.443 e. The van der Waals surface area contributed by atoms with Gasteiger partial charge in [-0.3, -0.25) is 0 Å². The summed E-state index contributed by atoms with van der Waals surface area (Å²) in [5, 5.41) is 10.5. The van der Waals surface area contributed by atoms with Gasteiger partial charge in [0.25, 0.3) is 0 Å². The Balaban J connectivity index is 1.42. The molecule has 1 saturated carbocycles. The van der Waals surface area contributed by atoms with Crippen molar-refractivity contribution < 1.29 is 28.2 Å². The van der Waals surface area contributed by atoms with Crippen molar-refractivity contribution in [1.82, 2.24) is 15.5 Å². The molecular weight excluding hydrogens is 440 g/mol. The van der Waals surface area contributed by atoms with Gasteiger partial charge in [0, 0.05) is 19.6 Å². The fraction of sp³-hybridized carbons (Fsp3) is 0.792. The van der Waals surface area contributed by atoms with E-state index in [0.29, 0.717) is 25.3 Å². The molecule has 3 aliphatic rings. The number of amides is 1. The molecule has 34 heavy (non-hydrogen) atoms. The minimum absolute atomic E-state index is 0.00572. The predicted molar refractivity (Wildman–Crippen MR) is 124 cm³/mol. The molecule has 1 aliphatic carbocycles. The van der Waals surface area contributed by atoms with Crippen molar-refractivity contribution in [2.24, 2.45) is 11.8 Å². The molecule has 3 fully saturated rings. The number of carbonyl (C=O) groups is 1. The molecule has 1 aromatic heterocycles. The number of allylic oxidation sites excluding steroid dienone is 1. The third-order valence-corrected chi connectivity index (χ3v) is 7.48. The van der Waals surface area contributed by atoms with E-state index < -0.39 is 12.2 Å². The summed E-state index contributed by atoms with van der Waals surface area (Å²) in [6.45, 7) is 11.0. The van der Waals surface area contributed by atoms with Gasteiger partial charge in [-0.15, -0.1) is 5.10 Å². The van der Waals surface area contributed by atoms with Crippen LogP contribution in [0.3, 0.4) is 0 Å². The van der Waals surface area contributed by atoms with Crippen molar-refractivity contribution in [3.05, 3.63) is 17.5 Å². The van der Waals surface area contributed by atoms with E-state index >= 15 is 0 Å². The van der Waals surface area contributed by atoms with Crippen molar-refractivity contribution in [3.63, 3.8) is 0 Å². The van der Waals surface area contributed by atoms with Gasteiger partial charge in [-0.1, -0.05) is 30.6 Å². The molecule has 3 N–H and O–H groups in total. The summed E-state index contributed by atoms with van der Waals surface area (Å²) >= 11 is 0. The second-order valence-electron chi connectivity index (χ2n) is 10.6. The van der Waals surface area contributed by atoms with Crippen molar-refractivity contribution in [2.75, 3.05) is 19.5 Å². The molecular formula is C24H38N4O6. The number of epoxide rings is 2. The summed E-state index contributed by atoms with van der Waals surface area (Å²) in [7, 11) is 1.67. The number of anilines is 1. The van der Waals surface area contributed by atoms with E-state index in [4.69, 9.17) is 29.1 Å². The SMILES string of the molecule is CO[C@H]1C([C@@]2(C)O[C@@H]2CC=C(C)C)[C@]2(CC[C@H]1OC(=O)N[C@H](Cc1nnc(N)o1)C(C)C)CO2. The number of ether oxygens (including phenoxy) is 4. The lowest BCUT2D eigenvalue weighted by Crippen LogP contribution is -2.56. The van der Waals surface area contributed by atoms with Crippen LogP contribution in [0.15, 0.2) is 16.1 Å². The number of hydrogen-bond donors (Lipinski definition) is 2. The summed E-state index contributed by atoms with van der Waals surface area (Å²) in [5.74, 6) is 0.475. The molecule has 0 aromatic carbocycles. The quantitative estimate of drug-likeness (QED) is 0.405. The molecule has 1 amide bonds. The number of hydrogen-bond acceptors (Lipinski definition) is 9. The van der Waals surface area contributed by atoms with Gasteiger partial charge in [0.1, 0.15) is 23.4 Å². The smallest absolute Gasteiger partial charge is 0.407 e. The molecule has 1 spiro atoms. The van der Waals surface area contributed by atoms with Gasteiger partial charge in [0.05, 0.1) is 18.6 Å². The van der Waals surface area contributed by atoms with Crippen LogP contribution in [-0.2, 0) is 25.4 Å². The molecule has 1 unspecified atom stereocenters. The van der Waals surface area contributed by atoms with Crippen LogP contribution in [0.5, 0.6) is 0 Å². The first-order chi connectivity index (χ1) is 16.1. The lowest BCUT2D eigenvalue weighted by molar-refractivity contribution is -0.118. The van der Waals surface area contributed by atoms with Crippen LogP contribution >= 0.6 is 0 Å². The van der Waals surface area contributed by atoms with E-state index in [1.807, 2.05) is 13.8 Å². The predicted octanol–water partition coefficient (Wildman–Crippen LogP) is 3.02. The molecule has 2 aliphatic heterocycles. The molecule has 190 valence electrons. The molecule has 1 aromatic rings. The summed E-state index contributed by atoms with van der Waals surface area (Å²) in [6, 6.07) is -0.241. The summed E-state index contributed by atoms with van der Waals surface area (Å²) in [5.41, 5.74) is 6.15. The molecule has 0 radical (unpaired) electrons. The van der Waals surface area contributed by atoms with Crippen LogP contribution in [-0.4, -0.2) is 65.6 Å². The fourth-order valence-corrected chi connectivity index (χ4v) is 5.38. The van der Waals surface area contributed by atoms with Crippen molar-refractivity contribution >= 4 is 12.1 Å².